The molecule has 1 aliphatic carbocycles. The van der Waals surface area contributed by atoms with Crippen LogP contribution in [-0.2, 0) is 4.74 Å². The molecule has 0 atom stereocenters. The number of halogens is 1. The number of nitrogens with one attached hydrogen (secondary N) is 2. The molecule has 4 heterocycles. The van der Waals surface area contributed by atoms with Gasteiger partial charge < -0.3 is 10.1 Å². The average molecular weight is 454 g/mol. The van der Waals surface area contributed by atoms with Crippen LogP contribution in [0.15, 0.2) is 42.2 Å². The zero-order valence-electron chi connectivity index (χ0n) is 17.2. The molecule has 0 saturated heterocycles. The van der Waals surface area contributed by atoms with E-state index in [-0.39, 0.29) is 23.7 Å². The molecular weight excluding hydrogens is 433 g/mol. The lowest BCUT2D eigenvalue weighted by molar-refractivity contribution is -0.0226. The molecule has 9 nitrogen and oxygen atoms in total. The number of amides is 1. The molecule has 4 aromatic rings. The molecule has 11 heteroatoms. The smallest absolute Gasteiger partial charge is 0.275 e. The third-order valence-corrected chi connectivity index (χ3v) is 6.16. The van der Waals surface area contributed by atoms with Gasteiger partial charge in [-0.3, -0.25) is 14.6 Å². The van der Waals surface area contributed by atoms with Gasteiger partial charge in [0.2, 0.25) is 5.95 Å². The Morgan fingerprint density at radius 3 is 3.00 bits per heavy atom. The monoisotopic (exact) mass is 453 g/mol. The third kappa shape index (κ3) is 4.04. The van der Waals surface area contributed by atoms with Gasteiger partial charge in [0, 0.05) is 29.9 Å². The van der Waals surface area contributed by atoms with Crippen molar-refractivity contribution >= 4 is 22.9 Å². The van der Waals surface area contributed by atoms with Crippen molar-refractivity contribution in [3.8, 4) is 22.0 Å². The summed E-state index contributed by atoms with van der Waals surface area (Å²) in [5.74, 6) is -0.993. The molecule has 4 aromatic heterocycles. The van der Waals surface area contributed by atoms with Crippen molar-refractivity contribution in [2.75, 3.05) is 11.9 Å². The summed E-state index contributed by atoms with van der Waals surface area (Å²) in [6.45, 7) is 2.64. The number of pyridine rings is 1. The molecule has 0 radical (unpaired) electrons. The first-order valence-electron chi connectivity index (χ1n) is 10.2. The predicted molar refractivity (Wildman–Crippen MR) is 117 cm³/mol. The SMILES string of the molecule is CCO[C@H]1C[C@H](n2cc(NC(=O)c3csc(-c4cn[nH]c4)n3)c(-c3cccc(F)n3)n2)C1. The second-order valence-electron chi connectivity index (χ2n) is 7.40. The standard InChI is InChI=1S/C21H20FN7O2S/c1-2-31-14-6-13(7-14)29-10-16(19(28-29)15-4-3-5-18(22)25-15)26-20(30)17-11-32-21(27-17)12-8-23-24-9-12/h3-5,8-11,13-14H,2,6-7H2,1H3,(H,23,24)(H,26,30)/t13-,14-. The minimum atomic E-state index is -0.612. The summed E-state index contributed by atoms with van der Waals surface area (Å²) in [5, 5.41) is 16.5. The average Bonchev–Trinajstić information content (AvgIpc) is 3.50. The van der Waals surface area contributed by atoms with Crippen LogP contribution in [0.1, 0.15) is 36.3 Å². The fourth-order valence-electron chi connectivity index (χ4n) is 3.59. The summed E-state index contributed by atoms with van der Waals surface area (Å²) in [6, 6.07) is 4.64. The molecule has 5 rings (SSSR count). The Labute approximate surface area is 186 Å². The summed E-state index contributed by atoms with van der Waals surface area (Å²) in [4.78, 5) is 21.2. The maximum Gasteiger partial charge on any atom is 0.275 e. The highest BCUT2D eigenvalue weighted by molar-refractivity contribution is 7.13. The molecule has 164 valence electrons. The number of carbonyl (C=O) groups excluding carboxylic acids is 1. The first-order chi connectivity index (χ1) is 15.6. The second kappa shape index (κ2) is 8.60. The van der Waals surface area contributed by atoms with Crippen LogP contribution in [0.25, 0.3) is 22.0 Å². The van der Waals surface area contributed by atoms with Gasteiger partial charge in [-0.2, -0.15) is 14.6 Å². The number of aromatic amines is 1. The maximum atomic E-state index is 13.8. The van der Waals surface area contributed by atoms with E-state index in [0.717, 1.165) is 18.4 Å². The fourth-order valence-corrected chi connectivity index (χ4v) is 4.37. The zero-order valence-corrected chi connectivity index (χ0v) is 18.0. The zero-order chi connectivity index (χ0) is 22.1. The van der Waals surface area contributed by atoms with Crippen molar-refractivity contribution in [1.29, 1.82) is 0 Å². The molecule has 1 fully saturated rings. The third-order valence-electron chi connectivity index (χ3n) is 5.27. The molecule has 1 amide bonds. The number of aromatic nitrogens is 6. The van der Waals surface area contributed by atoms with Gasteiger partial charge in [0.15, 0.2) is 0 Å². The van der Waals surface area contributed by atoms with E-state index in [4.69, 9.17) is 4.74 Å². The van der Waals surface area contributed by atoms with Crippen molar-refractivity contribution < 1.29 is 13.9 Å². The van der Waals surface area contributed by atoms with Crippen molar-refractivity contribution in [3.63, 3.8) is 0 Å². The number of hydrogen-bond donors (Lipinski definition) is 2. The van der Waals surface area contributed by atoms with Crippen LogP contribution in [-0.4, -0.2) is 48.6 Å². The first-order valence-corrected chi connectivity index (χ1v) is 11.1. The van der Waals surface area contributed by atoms with Gasteiger partial charge in [-0.1, -0.05) is 6.07 Å². The van der Waals surface area contributed by atoms with Crippen LogP contribution in [0.3, 0.4) is 0 Å². The molecule has 0 aromatic carbocycles. The van der Waals surface area contributed by atoms with Crippen molar-refractivity contribution in [3.05, 3.63) is 53.8 Å². The van der Waals surface area contributed by atoms with Crippen LogP contribution in [0, 0.1) is 5.95 Å². The first kappa shape index (κ1) is 20.5. The highest BCUT2D eigenvalue weighted by Gasteiger charge is 2.32. The molecule has 1 saturated carbocycles. The van der Waals surface area contributed by atoms with Crippen LogP contribution >= 0.6 is 11.3 Å². The molecule has 0 unspecified atom stereocenters. The highest BCUT2D eigenvalue weighted by Crippen LogP contribution is 2.37. The van der Waals surface area contributed by atoms with Crippen LogP contribution < -0.4 is 5.32 Å². The van der Waals surface area contributed by atoms with Gasteiger partial charge in [0.25, 0.3) is 5.91 Å². The fraction of sp³-hybridized carbons (Fsp3) is 0.286. The molecule has 0 spiro atoms. The number of rotatable bonds is 7. The largest absolute Gasteiger partial charge is 0.378 e. The number of anilines is 1. The lowest BCUT2D eigenvalue weighted by Crippen LogP contribution is -2.33. The Morgan fingerprint density at radius 2 is 2.25 bits per heavy atom. The summed E-state index contributed by atoms with van der Waals surface area (Å²) in [6.07, 6.45) is 6.99. The van der Waals surface area contributed by atoms with Gasteiger partial charge in [-0.15, -0.1) is 11.3 Å². The predicted octanol–water partition coefficient (Wildman–Crippen LogP) is 3.92. The number of carbonyl (C=O) groups is 1. The van der Waals surface area contributed by atoms with E-state index in [1.165, 1.54) is 17.4 Å². The maximum absolute atomic E-state index is 13.8. The number of nitrogens with zero attached hydrogens (tertiary/aromatic N) is 5. The van der Waals surface area contributed by atoms with Gasteiger partial charge in [0.1, 0.15) is 16.4 Å². The second-order valence-corrected chi connectivity index (χ2v) is 8.26. The van der Waals surface area contributed by atoms with E-state index < -0.39 is 5.95 Å². The topological polar surface area (TPSA) is 111 Å². The lowest BCUT2D eigenvalue weighted by atomic mass is 9.89. The minimum Gasteiger partial charge on any atom is -0.378 e. The Hall–Kier alpha value is -3.44. The van der Waals surface area contributed by atoms with Crippen molar-refractivity contribution in [2.24, 2.45) is 0 Å². The van der Waals surface area contributed by atoms with Crippen LogP contribution in [0.5, 0.6) is 0 Å². The highest BCUT2D eigenvalue weighted by atomic mass is 32.1. The Kier molecular flexibility index (Phi) is 5.50. The lowest BCUT2D eigenvalue weighted by Gasteiger charge is -2.34. The molecule has 0 bridgehead atoms. The van der Waals surface area contributed by atoms with E-state index >= 15 is 0 Å². The van der Waals surface area contributed by atoms with E-state index in [2.05, 4.69) is 30.6 Å². The molecule has 0 aliphatic heterocycles. The summed E-state index contributed by atoms with van der Waals surface area (Å²) in [7, 11) is 0. The van der Waals surface area contributed by atoms with E-state index in [1.807, 2.05) is 6.92 Å². The number of thiazole rings is 1. The molecule has 2 N–H and O–H groups in total. The van der Waals surface area contributed by atoms with Gasteiger partial charge in [0.05, 0.1) is 29.7 Å². The van der Waals surface area contributed by atoms with Gasteiger partial charge >= 0.3 is 0 Å². The summed E-state index contributed by atoms with van der Waals surface area (Å²) in [5.41, 5.74) is 2.28. The molecular formula is C21H20FN7O2S. The molecule has 1 aliphatic rings. The Morgan fingerprint density at radius 1 is 1.38 bits per heavy atom. The van der Waals surface area contributed by atoms with Gasteiger partial charge in [-0.25, -0.2) is 9.97 Å². The normalized spacial score (nSPS) is 17.8. The number of hydrogen-bond acceptors (Lipinski definition) is 7. The van der Waals surface area contributed by atoms with Crippen molar-refractivity contribution in [2.45, 2.75) is 31.9 Å². The Balaban J connectivity index is 1.41. The number of ether oxygens (including phenoxy) is 1. The number of H-pyrrole nitrogens is 1. The van der Waals surface area contributed by atoms with Crippen LogP contribution in [0.2, 0.25) is 0 Å². The van der Waals surface area contributed by atoms with E-state index in [0.29, 0.717) is 28.7 Å². The van der Waals surface area contributed by atoms with E-state index in [9.17, 15) is 9.18 Å². The van der Waals surface area contributed by atoms with Crippen molar-refractivity contribution in [1.82, 2.24) is 29.9 Å². The summed E-state index contributed by atoms with van der Waals surface area (Å²) < 4.78 is 21.2. The minimum absolute atomic E-state index is 0.150. The van der Waals surface area contributed by atoms with Crippen LogP contribution in [0.4, 0.5) is 10.1 Å². The Bertz CT molecular complexity index is 1230. The van der Waals surface area contributed by atoms with E-state index in [1.54, 1.807) is 40.8 Å². The van der Waals surface area contributed by atoms with Gasteiger partial charge in [-0.05, 0) is 31.9 Å². The molecule has 32 heavy (non-hydrogen) atoms. The summed E-state index contributed by atoms with van der Waals surface area (Å²) >= 11 is 1.35. The quantitative estimate of drug-likeness (QED) is 0.410.